The number of hydrazone groups is 1. The second-order valence-electron chi connectivity index (χ2n) is 6.42. The van der Waals surface area contributed by atoms with E-state index in [9.17, 15) is 9.90 Å². The van der Waals surface area contributed by atoms with Crippen LogP contribution in [0.2, 0.25) is 0 Å². The summed E-state index contributed by atoms with van der Waals surface area (Å²) in [6, 6.07) is 7.45. The van der Waals surface area contributed by atoms with E-state index in [0.29, 0.717) is 30.5 Å². The van der Waals surface area contributed by atoms with Crippen LogP contribution in [0, 0.1) is 0 Å². The molecule has 0 saturated heterocycles. The summed E-state index contributed by atoms with van der Waals surface area (Å²) in [4.78, 5) is 14.9. The van der Waals surface area contributed by atoms with E-state index in [2.05, 4.69) is 5.10 Å². The van der Waals surface area contributed by atoms with Gasteiger partial charge >= 0.3 is 0 Å². The third kappa shape index (κ3) is 3.38. The minimum Gasteiger partial charge on any atom is -0.467 e. The predicted molar refractivity (Wildman–Crippen MR) is 89.8 cm³/mol. The first-order valence-corrected chi connectivity index (χ1v) is 8.58. The van der Waals surface area contributed by atoms with Crippen molar-refractivity contribution in [3.63, 3.8) is 0 Å². The van der Waals surface area contributed by atoms with Crippen LogP contribution in [-0.2, 0) is 4.79 Å². The Morgan fingerprint density at radius 2 is 2.08 bits per heavy atom. The monoisotopic (exact) mass is 343 g/mol. The minimum absolute atomic E-state index is 0.0479. The molecule has 1 N–H and O–H groups in total. The van der Waals surface area contributed by atoms with E-state index in [1.807, 2.05) is 23.1 Å². The first-order valence-electron chi connectivity index (χ1n) is 8.58. The summed E-state index contributed by atoms with van der Waals surface area (Å²) in [7, 11) is 0. The molecule has 1 aliphatic carbocycles. The lowest BCUT2D eigenvalue weighted by atomic mass is 10.1. The average Bonchev–Trinajstić information content (AvgIpc) is 3.04. The molecule has 0 bridgehead atoms. The van der Waals surface area contributed by atoms with Crippen molar-refractivity contribution in [2.24, 2.45) is 5.10 Å². The van der Waals surface area contributed by atoms with Crippen LogP contribution < -0.4 is 0 Å². The molecule has 1 amide bonds. The Labute approximate surface area is 145 Å². The molecule has 2 aliphatic rings. The van der Waals surface area contributed by atoms with Crippen molar-refractivity contribution in [3.8, 4) is 0 Å². The highest BCUT2D eigenvalue weighted by Crippen LogP contribution is 2.34. The van der Waals surface area contributed by atoms with Gasteiger partial charge in [0.05, 0.1) is 25.7 Å². The molecule has 4 rings (SSSR count). The normalized spacial score (nSPS) is 20.3. The number of carbonyl (C=O) groups is 1. The highest BCUT2D eigenvalue weighted by molar-refractivity contribution is 6.01. The molecule has 25 heavy (non-hydrogen) atoms. The zero-order chi connectivity index (χ0) is 17.2. The summed E-state index contributed by atoms with van der Waals surface area (Å²) in [5.41, 5.74) is 0.736. The third-order valence-corrected chi connectivity index (χ3v) is 4.63. The molecule has 2 aromatic rings. The Balaban J connectivity index is 1.55. The molecule has 7 nitrogen and oxygen atoms in total. The Kier molecular flexibility index (Phi) is 4.42. The van der Waals surface area contributed by atoms with E-state index in [-0.39, 0.29) is 25.1 Å². The molecular weight excluding hydrogens is 322 g/mol. The summed E-state index contributed by atoms with van der Waals surface area (Å²) in [6.07, 6.45) is 5.91. The van der Waals surface area contributed by atoms with E-state index in [1.165, 1.54) is 5.01 Å². The fraction of sp³-hybridized carbons (Fsp3) is 0.444. The molecular formula is C18H21N3O4. The van der Waals surface area contributed by atoms with Gasteiger partial charge in [-0.25, -0.2) is 5.01 Å². The molecule has 132 valence electrons. The first kappa shape index (κ1) is 16.1. The quantitative estimate of drug-likeness (QED) is 0.831. The molecule has 1 aliphatic heterocycles. The fourth-order valence-electron chi connectivity index (χ4n) is 3.24. The Morgan fingerprint density at radius 3 is 2.72 bits per heavy atom. The minimum atomic E-state index is -0.266. The number of aliphatic hydroxyl groups excluding tert-OH is 1. The van der Waals surface area contributed by atoms with Gasteiger partial charge in [0.25, 0.3) is 5.91 Å². The second-order valence-corrected chi connectivity index (χ2v) is 6.42. The number of aliphatic hydroxyl groups is 1. The van der Waals surface area contributed by atoms with Gasteiger partial charge in [0.15, 0.2) is 0 Å². The maximum Gasteiger partial charge on any atom is 0.257 e. The molecule has 1 unspecified atom stereocenters. The van der Waals surface area contributed by atoms with Gasteiger partial charge in [0.1, 0.15) is 23.3 Å². The fourth-order valence-corrected chi connectivity index (χ4v) is 3.24. The Hall–Kier alpha value is -2.38. The van der Waals surface area contributed by atoms with Gasteiger partial charge in [-0.1, -0.05) is 0 Å². The van der Waals surface area contributed by atoms with Gasteiger partial charge in [0.2, 0.25) is 0 Å². The summed E-state index contributed by atoms with van der Waals surface area (Å²) < 4.78 is 11.0. The van der Waals surface area contributed by atoms with E-state index < -0.39 is 0 Å². The van der Waals surface area contributed by atoms with E-state index in [4.69, 9.17) is 8.83 Å². The predicted octanol–water partition coefficient (Wildman–Crippen LogP) is 2.01. The van der Waals surface area contributed by atoms with E-state index >= 15 is 0 Å². The van der Waals surface area contributed by atoms with Crippen LogP contribution in [-0.4, -0.2) is 52.4 Å². The number of hydrogen-bond acceptors (Lipinski definition) is 6. The van der Waals surface area contributed by atoms with Crippen LogP contribution in [0.5, 0.6) is 0 Å². The zero-order valence-corrected chi connectivity index (χ0v) is 13.9. The van der Waals surface area contributed by atoms with E-state index in [1.54, 1.807) is 18.6 Å². The molecule has 1 fully saturated rings. The van der Waals surface area contributed by atoms with E-state index in [0.717, 1.165) is 18.6 Å². The standard InChI is InChI=1S/C18H21N3O4/c22-8-7-20(13-5-6-13)12-18(23)21-15(17-4-2-10-25-17)11-14(19-21)16-3-1-9-24-16/h1-4,9-10,13,15,22H,5-8,11-12H2. The van der Waals surface area contributed by atoms with Crippen molar-refractivity contribution in [1.82, 2.24) is 9.91 Å². The van der Waals surface area contributed by atoms with Crippen molar-refractivity contribution in [1.29, 1.82) is 0 Å². The first-order chi connectivity index (χ1) is 12.3. The summed E-state index contributed by atoms with van der Waals surface area (Å²) in [6.45, 7) is 0.800. The van der Waals surface area contributed by atoms with Gasteiger partial charge in [-0.05, 0) is 37.1 Å². The van der Waals surface area contributed by atoms with Gasteiger partial charge in [-0.3, -0.25) is 9.69 Å². The van der Waals surface area contributed by atoms with Crippen molar-refractivity contribution < 1.29 is 18.7 Å². The highest BCUT2D eigenvalue weighted by Gasteiger charge is 2.38. The van der Waals surface area contributed by atoms with Gasteiger partial charge < -0.3 is 13.9 Å². The van der Waals surface area contributed by atoms with Crippen molar-refractivity contribution in [2.75, 3.05) is 19.7 Å². The molecule has 2 aromatic heterocycles. The zero-order valence-electron chi connectivity index (χ0n) is 13.9. The summed E-state index contributed by atoms with van der Waals surface area (Å²) in [5, 5.41) is 15.3. The molecule has 0 aromatic carbocycles. The largest absolute Gasteiger partial charge is 0.467 e. The Morgan fingerprint density at radius 1 is 1.28 bits per heavy atom. The van der Waals surface area contributed by atoms with Crippen LogP contribution in [0.4, 0.5) is 0 Å². The maximum atomic E-state index is 12.9. The van der Waals surface area contributed by atoms with Gasteiger partial charge in [-0.15, -0.1) is 0 Å². The highest BCUT2D eigenvalue weighted by atomic mass is 16.3. The van der Waals surface area contributed by atoms with Gasteiger partial charge in [-0.2, -0.15) is 5.10 Å². The van der Waals surface area contributed by atoms with Crippen LogP contribution in [0.15, 0.2) is 50.7 Å². The van der Waals surface area contributed by atoms with Crippen LogP contribution in [0.1, 0.15) is 36.8 Å². The maximum absolute atomic E-state index is 12.9. The molecule has 7 heteroatoms. The number of carbonyl (C=O) groups excluding carboxylic acids is 1. The van der Waals surface area contributed by atoms with Crippen molar-refractivity contribution >= 4 is 11.6 Å². The SMILES string of the molecule is O=C(CN(CCO)C1CC1)N1N=C(c2ccco2)CC1c1ccco1. The summed E-state index contributed by atoms with van der Waals surface area (Å²) >= 11 is 0. The van der Waals surface area contributed by atoms with Crippen LogP contribution >= 0.6 is 0 Å². The third-order valence-electron chi connectivity index (χ3n) is 4.63. The molecule has 0 spiro atoms. The molecule has 3 heterocycles. The van der Waals surface area contributed by atoms with Crippen LogP contribution in [0.3, 0.4) is 0 Å². The second kappa shape index (κ2) is 6.85. The smallest absolute Gasteiger partial charge is 0.257 e. The topological polar surface area (TPSA) is 82.4 Å². The van der Waals surface area contributed by atoms with Crippen LogP contribution in [0.25, 0.3) is 0 Å². The Bertz CT molecular complexity index is 734. The molecule has 1 atom stereocenters. The molecule has 1 saturated carbocycles. The number of nitrogens with zero attached hydrogens (tertiary/aromatic N) is 3. The van der Waals surface area contributed by atoms with Crippen molar-refractivity contribution in [2.45, 2.75) is 31.3 Å². The van der Waals surface area contributed by atoms with Gasteiger partial charge in [0, 0.05) is 19.0 Å². The average molecular weight is 343 g/mol. The lowest BCUT2D eigenvalue weighted by molar-refractivity contribution is -0.134. The summed E-state index contributed by atoms with van der Waals surface area (Å²) in [5.74, 6) is 1.28. The number of amides is 1. The number of rotatable bonds is 7. The van der Waals surface area contributed by atoms with Crippen molar-refractivity contribution in [3.05, 3.63) is 48.3 Å². The lowest BCUT2D eigenvalue weighted by Gasteiger charge is -2.25. The molecule has 0 radical (unpaired) electrons. The lowest BCUT2D eigenvalue weighted by Crippen LogP contribution is -2.40. The number of hydrogen-bond donors (Lipinski definition) is 1. The number of furan rings is 2.